The second kappa shape index (κ2) is 6.47. The summed E-state index contributed by atoms with van der Waals surface area (Å²) in [5, 5.41) is 3.00. The highest BCUT2D eigenvalue weighted by Gasteiger charge is 2.24. The third-order valence-corrected chi connectivity index (χ3v) is 3.42. The Morgan fingerprint density at radius 2 is 1.77 bits per heavy atom. The van der Waals surface area contributed by atoms with Gasteiger partial charge in [0.05, 0.1) is 19.8 Å². The number of nitrogens with zero attached hydrogens (tertiary/aromatic N) is 1. The molecule has 2 aromatic rings. The average molecular weight is 300 g/mol. The smallest absolute Gasteiger partial charge is 0.252 e. The Labute approximate surface area is 130 Å². The van der Waals surface area contributed by atoms with Crippen molar-refractivity contribution in [3.63, 3.8) is 0 Å². The molecule has 1 aromatic heterocycles. The molecule has 0 aliphatic heterocycles. The Bertz CT molecular complexity index is 632. The van der Waals surface area contributed by atoms with Gasteiger partial charge in [0, 0.05) is 24.0 Å². The van der Waals surface area contributed by atoms with Crippen LogP contribution in [0.1, 0.15) is 29.8 Å². The summed E-state index contributed by atoms with van der Waals surface area (Å²) in [5.74, 6) is 0.943. The molecule has 0 unspecified atom stereocenters. The van der Waals surface area contributed by atoms with Gasteiger partial charge >= 0.3 is 0 Å². The number of methoxy groups -OCH3 is 2. The van der Waals surface area contributed by atoms with Crippen molar-refractivity contribution in [3.05, 3.63) is 53.9 Å². The van der Waals surface area contributed by atoms with E-state index in [1.54, 1.807) is 44.8 Å². The Morgan fingerprint density at radius 3 is 2.27 bits per heavy atom. The van der Waals surface area contributed by atoms with E-state index >= 15 is 0 Å². The van der Waals surface area contributed by atoms with Gasteiger partial charge in [-0.1, -0.05) is 6.07 Å². The molecule has 0 aliphatic carbocycles. The molecule has 1 heterocycles. The Balaban J connectivity index is 2.25. The lowest BCUT2D eigenvalue weighted by Gasteiger charge is -2.26. The molecule has 116 valence electrons. The van der Waals surface area contributed by atoms with Crippen molar-refractivity contribution in [2.75, 3.05) is 14.2 Å². The highest BCUT2D eigenvalue weighted by atomic mass is 16.5. The summed E-state index contributed by atoms with van der Waals surface area (Å²) >= 11 is 0. The van der Waals surface area contributed by atoms with E-state index in [0.29, 0.717) is 17.1 Å². The summed E-state index contributed by atoms with van der Waals surface area (Å²) in [5.41, 5.74) is 0.869. The molecule has 1 N–H and O–H groups in total. The first-order valence-electron chi connectivity index (χ1n) is 6.92. The van der Waals surface area contributed by atoms with Crippen LogP contribution in [-0.4, -0.2) is 25.1 Å². The van der Waals surface area contributed by atoms with Crippen LogP contribution in [0.4, 0.5) is 0 Å². The molecule has 1 aromatic carbocycles. The molecule has 0 atom stereocenters. The third kappa shape index (κ3) is 3.55. The predicted octanol–water partition coefficient (Wildman–Crippen LogP) is 2.76. The minimum Gasteiger partial charge on any atom is -0.497 e. The van der Waals surface area contributed by atoms with Crippen LogP contribution in [0.5, 0.6) is 11.5 Å². The molecule has 0 fully saturated rings. The van der Waals surface area contributed by atoms with Gasteiger partial charge in [-0.25, -0.2) is 0 Å². The lowest BCUT2D eigenvalue weighted by molar-refractivity contribution is 0.0911. The average Bonchev–Trinajstić information content (AvgIpc) is 2.54. The third-order valence-electron chi connectivity index (χ3n) is 3.42. The summed E-state index contributed by atoms with van der Waals surface area (Å²) in [6, 6.07) is 8.86. The zero-order chi connectivity index (χ0) is 16.2. The zero-order valence-electron chi connectivity index (χ0n) is 13.2. The van der Waals surface area contributed by atoms with Crippen molar-refractivity contribution in [2.24, 2.45) is 0 Å². The first-order chi connectivity index (χ1) is 10.5. The fourth-order valence-corrected chi connectivity index (χ4v) is 2.10. The number of hydrogen-bond acceptors (Lipinski definition) is 4. The molecular weight excluding hydrogens is 280 g/mol. The summed E-state index contributed by atoms with van der Waals surface area (Å²) in [7, 11) is 3.10. The van der Waals surface area contributed by atoms with Gasteiger partial charge in [0.15, 0.2) is 0 Å². The SMILES string of the molecule is COc1cc(OC)cc(C(=O)NC(C)(C)c2cccnc2)c1. The molecule has 0 saturated carbocycles. The molecule has 22 heavy (non-hydrogen) atoms. The van der Waals surface area contributed by atoms with Crippen molar-refractivity contribution >= 4 is 5.91 Å². The topological polar surface area (TPSA) is 60.5 Å². The molecule has 0 bridgehead atoms. The van der Waals surface area contributed by atoms with E-state index in [-0.39, 0.29) is 5.91 Å². The number of aromatic nitrogens is 1. The largest absolute Gasteiger partial charge is 0.497 e. The molecule has 0 aliphatic rings. The number of rotatable bonds is 5. The highest BCUT2D eigenvalue weighted by Crippen LogP contribution is 2.24. The summed E-state index contributed by atoms with van der Waals surface area (Å²) < 4.78 is 10.4. The number of carbonyl (C=O) groups is 1. The van der Waals surface area contributed by atoms with Crippen LogP contribution in [-0.2, 0) is 5.54 Å². The van der Waals surface area contributed by atoms with Gasteiger partial charge in [0.2, 0.25) is 0 Å². The zero-order valence-corrected chi connectivity index (χ0v) is 13.2. The van der Waals surface area contributed by atoms with Crippen LogP contribution >= 0.6 is 0 Å². The minimum atomic E-state index is -0.540. The van der Waals surface area contributed by atoms with Crippen LogP contribution in [0.25, 0.3) is 0 Å². The lowest BCUT2D eigenvalue weighted by Crippen LogP contribution is -2.41. The Morgan fingerprint density at radius 1 is 1.14 bits per heavy atom. The Kier molecular flexibility index (Phi) is 4.65. The first kappa shape index (κ1) is 15.8. The van der Waals surface area contributed by atoms with Crippen molar-refractivity contribution in [1.82, 2.24) is 10.3 Å². The molecule has 5 nitrogen and oxygen atoms in total. The van der Waals surface area contributed by atoms with E-state index in [0.717, 1.165) is 5.56 Å². The van der Waals surface area contributed by atoms with Gasteiger partial charge in [0.25, 0.3) is 5.91 Å². The number of amides is 1. The maximum atomic E-state index is 12.5. The van der Waals surface area contributed by atoms with Gasteiger partial charge in [-0.15, -0.1) is 0 Å². The Hall–Kier alpha value is -2.56. The molecule has 0 saturated heterocycles. The quantitative estimate of drug-likeness (QED) is 0.922. The highest BCUT2D eigenvalue weighted by molar-refractivity contribution is 5.95. The first-order valence-corrected chi connectivity index (χ1v) is 6.92. The van der Waals surface area contributed by atoms with Crippen molar-refractivity contribution in [1.29, 1.82) is 0 Å². The van der Waals surface area contributed by atoms with Crippen LogP contribution in [0.15, 0.2) is 42.7 Å². The number of ether oxygens (including phenoxy) is 2. The second-order valence-corrected chi connectivity index (χ2v) is 5.42. The van der Waals surface area contributed by atoms with Crippen molar-refractivity contribution in [2.45, 2.75) is 19.4 Å². The molecule has 5 heteroatoms. The lowest BCUT2D eigenvalue weighted by atomic mass is 9.95. The number of nitrogens with one attached hydrogen (secondary N) is 1. The fourth-order valence-electron chi connectivity index (χ4n) is 2.10. The predicted molar refractivity (Wildman–Crippen MR) is 84.3 cm³/mol. The number of carbonyl (C=O) groups excluding carboxylic acids is 1. The molecule has 2 rings (SSSR count). The maximum absolute atomic E-state index is 12.5. The monoisotopic (exact) mass is 300 g/mol. The van der Waals surface area contributed by atoms with Gasteiger partial charge in [-0.3, -0.25) is 9.78 Å². The molecular formula is C17H20N2O3. The second-order valence-electron chi connectivity index (χ2n) is 5.42. The molecule has 1 amide bonds. The van der Waals surface area contributed by atoms with Crippen LogP contribution < -0.4 is 14.8 Å². The summed E-state index contributed by atoms with van der Waals surface area (Å²) in [6.07, 6.45) is 3.45. The molecule has 0 spiro atoms. The van der Waals surface area contributed by atoms with Gasteiger partial charge < -0.3 is 14.8 Å². The van der Waals surface area contributed by atoms with E-state index < -0.39 is 5.54 Å². The normalized spacial score (nSPS) is 10.9. The van der Waals surface area contributed by atoms with E-state index in [1.165, 1.54) is 0 Å². The number of hydrogen-bond donors (Lipinski definition) is 1. The van der Waals surface area contributed by atoms with Crippen molar-refractivity contribution < 1.29 is 14.3 Å². The number of pyridine rings is 1. The molecule has 0 radical (unpaired) electrons. The van der Waals surface area contributed by atoms with Gasteiger partial charge in [-0.05, 0) is 37.6 Å². The maximum Gasteiger partial charge on any atom is 0.252 e. The van der Waals surface area contributed by atoms with Crippen molar-refractivity contribution in [3.8, 4) is 11.5 Å². The fraction of sp³-hybridized carbons (Fsp3) is 0.294. The van der Waals surface area contributed by atoms with E-state index in [4.69, 9.17) is 9.47 Å². The van der Waals surface area contributed by atoms with Gasteiger partial charge in [0.1, 0.15) is 11.5 Å². The van der Waals surface area contributed by atoms with E-state index in [9.17, 15) is 4.79 Å². The van der Waals surface area contributed by atoms with Crippen LogP contribution in [0.3, 0.4) is 0 Å². The summed E-state index contributed by atoms with van der Waals surface area (Å²) in [4.78, 5) is 16.6. The van der Waals surface area contributed by atoms with E-state index in [2.05, 4.69) is 10.3 Å². The number of benzene rings is 1. The van der Waals surface area contributed by atoms with Crippen LogP contribution in [0.2, 0.25) is 0 Å². The van der Waals surface area contributed by atoms with E-state index in [1.807, 2.05) is 26.0 Å². The van der Waals surface area contributed by atoms with Gasteiger partial charge in [-0.2, -0.15) is 0 Å². The summed E-state index contributed by atoms with van der Waals surface area (Å²) in [6.45, 7) is 3.86. The standard InChI is InChI=1S/C17H20N2O3/c1-17(2,13-6-5-7-18-11-13)19-16(20)12-8-14(21-3)10-15(9-12)22-4/h5-11H,1-4H3,(H,19,20). The minimum absolute atomic E-state index is 0.203. The van der Waals surface area contributed by atoms with Crippen LogP contribution in [0, 0.1) is 0 Å².